The highest BCUT2D eigenvalue weighted by atomic mass is 35.5. The van der Waals surface area contributed by atoms with Crippen LogP contribution in [-0.4, -0.2) is 73.8 Å². The predicted octanol–water partition coefficient (Wildman–Crippen LogP) is 2.34. The molecule has 10 heteroatoms. The zero-order chi connectivity index (χ0) is 22.0. The van der Waals surface area contributed by atoms with Crippen molar-refractivity contribution in [1.82, 2.24) is 14.5 Å². The van der Waals surface area contributed by atoms with Gasteiger partial charge in [0, 0.05) is 36.2 Å². The van der Waals surface area contributed by atoms with Crippen molar-refractivity contribution in [3.63, 3.8) is 0 Å². The van der Waals surface area contributed by atoms with E-state index in [1.54, 1.807) is 35.2 Å². The largest absolute Gasteiger partial charge is 0.340 e. The molecule has 2 fully saturated rings. The Hall–Kier alpha value is -1.81. The summed E-state index contributed by atoms with van der Waals surface area (Å²) < 4.78 is 28.4. The zero-order valence-corrected chi connectivity index (χ0v) is 19.3. The molecule has 2 heterocycles. The van der Waals surface area contributed by atoms with Crippen LogP contribution in [0.1, 0.15) is 12.8 Å². The number of piperidine rings is 1. The van der Waals surface area contributed by atoms with Crippen molar-refractivity contribution in [2.75, 3.05) is 37.7 Å². The molecule has 1 atom stereocenters. The van der Waals surface area contributed by atoms with Crippen LogP contribution in [0.3, 0.4) is 0 Å². The van der Waals surface area contributed by atoms with Crippen molar-refractivity contribution in [2.45, 2.75) is 23.8 Å². The number of carbonyl (C=O) groups is 2. The Labute approximate surface area is 191 Å². The quantitative estimate of drug-likeness (QED) is 0.708. The van der Waals surface area contributed by atoms with E-state index in [-0.39, 0.29) is 23.3 Å². The van der Waals surface area contributed by atoms with Gasteiger partial charge in [0.2, 0.25) is 21.8 Å². The molecule has 31 heavy (non-hydrogen) atoms. The fraction of sp³-hybridized carbons (Fsp3) is 0.429. The molecule has 2 aromatic carbocycles. The lowest BCUT2D eigenvalue weighted by molar-refractivity contribution is -0.143. The monoisotopic (exact) mass is 481 g/mol. The molecule has 0 radical (unpaired) electrons. The minimum absolute atomic E-state index is 0.00153. The van der Waals surface area contributed by atoms with Crippen molar-refractivity contribution in [2.24, 2.45) is 0 Å². The van der Waals surface area contributed by atoms with E-state index in [9.17, 15) is 18.0 Å². The summed E-state index contributed by atoms with van der Waals surface area (Å²) in [7, 11) is -3.90. The number of likely N-dealkylation sites (tertiary alicyclic amines) is 1. The number of benzene rings is 2. The summed E-state index contributed by atoms with van der Waals surface area (Å²) in [6.07, 6.45) is 1.05. The molecule has 2 amide bonds. The van der Waals surface area contributed by atoms with E-state index in [4.69, 9.17) is 11.6 Å². The van der Waals surface area contributed by atoms with Crippen LogP contribution in [0.25, 0.3) is 10.8 Å². The highest BCUT2D eigenvalue weighted by molar-refractivity contribution is 7.99. The number of hydrogen-bond donors (Lipinski definition) is 1. The number of halogens is 1. The Morgan fingerprint density at radius 1 is 1.10 bits per heavy atom. The summed E-state index contributed by atoms with van der Waals surface area (Å²) in [5, 5.41) is 2.15. The van der Waals surface area contributed by atoms with Crippen LogP contribution in [0, 0.1) is 0 Å². The molecule has 7 nitrogen and oxygen atoms in total. The van der Waals surface area contributed by atoms with Crippen molar-refractivity contribution in [3.8, 4) is 0 Å². The standard InChI is InChI=1S/C21H24ClN3O4S2/c22-17-5-3-16-13-18(6-4-15(16)12-17)31(28,29)23-19-2-1-7-25(21(19)27)14-20(26)24-8-10-30-11-9-24/h3-6,12-13,19,23H,1-2,7-11,14H2/t19-/m0/s1. The molecule has 0 bridgehead atoms. The third kappa shape index (κ3) is 5.16. The molecular formula is C21H24ClN3O4S2. The first-order chi connectivity index (χ1) is 14.8. The Morgan fingerprint density at radius 2 is 1.81 bits per heavy atom. The molecule has 0 saturated carbocycles. The molecule has 2 saturated heterocycles. The fourth-order valence-electron chi connectivity index (χ4n) is 3.90. The first kappa shape index (κ1) is 22.4. The highest BCUT2D eigenvalue weighted by Gasteiger charge is 2.34. The maximum atomic E-state index is 12.9. The summed E-state index contributed by atoms with van der Waals surface area (Å²) in [4.78, 5) is 28.8. The number of amides is 2. The topological polar surface area (TPSA) is 86.8 Å². The average Bonchev–Trinajstić information content (AvgIpc) is 2.76. The summed E-state index contributed by atoms with van der Waals surface area (Å²) in [5.41, 5.74) is 0. The number of thioether (sulfide) groups is 1. The molecule has 4 rings (SSSR count). The number of carbonyl (C=O) groups excluding carboxylic acids is 2. The predicted molar refractivity (Wildman–Crippen MR) is 123 cm³/mol. The fourth-order valence-corrected chi connectivity index (χ4v) is 6.24. The lowest BCUT2D eigenvalue weighted by Crippen LogP contribution is -2.55. The smallest absolute Gasteiger partial charge is 0.242 e. The van der Waals surface area contributed by atoms with Gasteiger partial charge in [-0.3, -0.25) is 9.59 Å². The maximum absolute atomic E-state index is 12.9. The Morgan fingerprint density at radius 3 is 2.58 bits per heavy atom. The van der Waals surface area contributed by atoms with E-state index in [1.165, 1.54) is 11.0 Å². The van der Waals surface area contributed by atoms with E-state index in [1.807, 2.05) is 11.8 Å². The van der Waals surface area contributed by atoms with Crippen molar-refractivity contribution < 1.29 is 18.0 Å². The molecule has 0 aliphatic carbocycles. The van der Waals surface area contributed by atoms with Crippen LogP contribution >= 0.6 is 23.4 Å². The average molecular weight is 482 g/mol. The molecule has 0 aromatic heterocycles. The van der Waals surface area contributed by atoms with Crippen molar-refractivity contribution in [1.29, 1.82) is 0 Å². The Bertz CT molecular complexity index is 1100. The van der Waals surface area contributed by atoms with Gasteiger partial charge in [-0.05, 0) is 47.9 Å². The highest BCUT2D eigenvalue weighted by Crippen LogP contribution is 2.23. The van der Waals surface area contributed by atoms with E-state index >= 15 is 0 Å². The molecule has 2 aliphatic heterocycles. The zero-order valence-electron chi connectivity index (χ0n) is 16.9. The van der Waals surface area contributed by atoms with Gasteiger partial charge in [-0.2, -0.15) is 16.5 Å². The number of nitrogens with one attached hydrogen (secondary N) is 1. The molecule has 2 aromatic rings. The summed E-state index contributed by atoms with van der Waals surface area (Å²) in [6.45, 7) is 1.84. The summed E-state index contributed by atoms with van der Waals surface area (Å²) >= 11 is 7.80. The number of hydrogen-bond acceptors (Lipinski definition) is 5. The number of rotatable bonds is 5. The second-order valence-electron chi connectivity index (χ2n) is 7.72. The van der Waals surface area contributed by atoms with Crippen LogP contribution in [0.5, 0.6) is 0 Å². The van der Waals surface area contributed by atoms with E-state index in [2.05, 4.69) is 4.72 Å². The van der Waals surface area contributed by atoms with Crippen LogP contribution in [0.2, 0.25) is 5.02 Å². The van der Waals surface area contributed by atoms with Gasteiger partial charge >= 0.3 is 0 Å². The van der Waals surface area contributed by atoms with Gasteiger partial charge < -0.3 is 9.80 Å². The van der Waals surface area contributed by atoms with Crippen LogP contribution in [0.15, 0.2) is 41.3 Å². The number of sulfonamides is 1. The van der Waals surface area contributed by atoms with Crippen LogP contribution < -0.4 is 4.72 Å². The van der Waals surface area contributed by atoms with E-state index < -0.39 is 16.1 Å². The van der Waals surface area contributed by atoms with Gasteiger partial charge in [0.1, 0.15) is 6.04 Å². The molecular weight excluding hydrogens is 458 g/mol. The SMILES string of the molecule is O=C(CN1CCC[C@H](NS(=O)(=O)c2ccc3cc(Cl)ccc3c2)C1=O)N1CCSCC1. The third-order valence-corrected chi connectivity index (χ3v) is 8.25. The minimum Gasteiger partial charge on any atom is -0.340 e. The van der Waals surface area contributed by atoms with Crippen LogP contribution in [0.4, 0.5) is 0 Å². The van der Waals surface area contributed by atoms with E-state index in [0.29, 0.717) is 37.5 Å². The van der Waals surface area contributed by atoms with Crippen molar-refractivity contribution >= 4 is 56.0 Å². The lowest BCUT2D eigenvalue weighted by Gasteiger charge is -2.34. The molecule has 1 N–H and O–H groups in total. The maximum Gasteiger partial charge on any atom is 0.242 e. The molecule has 166 valence electrons. The van der Waals surface area contributed by atoms with Gasteiger partial charge in [-0.25, -0.2) is 8.42 Å². The molecule has 0 unspecified atom stereocenters. The van der Waals surface area contributed by atoms with Gasteiger partial charge in [-0.15, -0.1) is 0 Å². The Kier molecular flexibility index (Phi) is 6.76. The summed E-state index contributed by atoms with van der Waals surface area (Å²) in [6, 6.07) is 9.12. The first-order valence-corrected chi connectivity index (χ1v) is 13.2. The normalized spacial score (nSPS) is 20.3. The molecule has 0 spiro atoms. The summed E-state index contributed by atoms with van der Waals surface area (Å²) in [5.74, 6) is 1.38. The first-order valence-electron chi connectivity index (χ1n) is 10.2. The van der Waals surface area contributed by atoms with Crippen molar-refractivity contribution in [3.05, 3.63) is 41.4 Å². The lowest BCUT2D eigenvalue weighted by atomic mass is 10.1. The second-order valence-corrected chi connectivity index (χ2v) is 11.1. The van der Waals surface area contributed by atoms with Gasteiger partial charge in [0.05, 0.1) is 11.4 Å². The number of fused-ring (bicyclic) bond motifs is 1. The minimum atomic E-state index is -3.90. The van der Waals surface area contributed by atoms with Gasteiger partial charge in [0.25, 0.3) is 0 Å². The Balaban J connectivity index is 1.45. The van der Waals surface area contributed by atoms with Gasteiger partial charge in [0.15, 0.2) is 0 Å². The van der Waals surface area contributed by atoms with Crippen LogP contribution in [-0.2, 0) is 19.6 Å². The molecule has 2 aliphatic rings. The van der Waals surface area contributed by atoms with E-state index in [0.717, 1.165) is 22.3 Å². The third-order valence-electron chi connectivity index (χ3n) is 5.60. The van der Waals surface area contributed by atoms with Gasteiger partial charge in [-0.1, -0.05) is 23.7 Å². The number of nitrogens with zero attached hydrogens (tertiary/aromatic N) is 2. The second kappa shape index (κ2) is 9.36.